The Labute approximate surface area is 188 Å². The van der Waals surface area contributed by atoms with Crippen LogP contribution in [0, 0.1) is 0 Å². The summed E-state index contributed by atoms with van der Waals surface area (Å²) in [6.45, 7) is 16.0. The second-order valence-corrected chi connectivity index (χ2v) is 21.3. The second-order valence-electron chi connectivity index (χ2n) is 8.56. The zero-order valence-electron chi connectivity index (χ0n) is 19.0. The van der Waals surface area contributed by atoms with Gasteiger partial charge in [-0.05, 0) is 95.6 Å². The Kier molecular flexibility index (Phi) is 15.4. The summed E-state index contributed by atoms with van der Waals surface area (Å²) in [5.41, 5.74) is 0. The predicted molar refractivity (Wildman–Crippen MR) is 153 cm³/mol. The van der Waals surface area contributed by atoms with Crippen molar-refractivity contribution >= 4 is 42.7 Å². The molecule has 28 heavy (non-hydrogen) atoms. The van der Waals surface area contributed by atoms with Crippen molar-refractivity contribution < 1.29 is 0 Å². The highest BCUT2D eigenvalue weighted by atomic mass is 32.3. The molecule has 0 saturated carbocycles. The molecule has 0 unspecified atom stereocenters. The van der Waals surface area contributed by atoms with Crippen molar-refractivity contribution in [3.8, 4) is 0 Å². The van der Waals surface area contributed by atoms with Crippen LogP contribution in [0.4, 0.5) is 0 Å². The average Bonchev–Trinajstić information content (AvgIpc) is 2.61. The first-order valence-corrected chi connectivity index (χ1v) is 18.7. The van der Waals surface area contributed by atoms with Gasteiger partial charge in [0, 0.05) is 0 Å². The Morgan fingerprint density at radius 1 is 0.536 bits per heavy atom. The van der Waals surface area contributed by atoms with E-state index >= 15 is 0 Å². The molecule has 0 aliphatic rings. The molecule has 0 radical (unpaired) electrons. The molecule has 4 heteroatoms. The molecule has 0 nitrogen and oxygen atoms in total. The Bertz CT molecular complexity index is 413. The lowest BCUT2D eigenvalue weighted by molar-refractivity contribution is 1.03. The van der Waals surface area contributed by atoms with E-state index in [0.29, 0.717) is 0 Å². The zero-order valence-corrected chi connectivity index (χ0v) is 22.3. The molecule has 0 aromatic rings. The molecule has 0 bridgehead atoms. The van der Waals surface area contributed by atoms with Crippen LogP contribution in [0.1, 0.15) is 19.3 Å². The van der Waals surface area contributed by atoms with Gasteiger partial charge in [0.2, 0.25) is 0 Å². The summed E-state index contributed by atoms with van der Waals surface area (Å²) >= 11 is 4.49. The third kappa shape index (κ3) is 12.1. The number of thiol groups is 1. The number of hydrogen-bond acceptors (Lipinski definition) is 1. The van der Waals surface area contributed by atoms with Gasteiger partial charge in [0.25, 0.3) is 0 Å². The van der Waals surface area contributed by atoms with Crippen molar-refractivity contribution in [2.75, 3.05) is 76.3 Å². The van der Waals surface area contributed by atoms with Crippen molar-refractivity contribution in [3.63, 3.8) is 0 Å². The van der Waals surface area contributed by atoms with Crippen molar-refractivity contribution in [1.29, 1.82) is 0 Å². The standard InChI is InChI=1S/C24H48S4/c1-8-16-26(5,17-9-2)21-13-23-28(7,20-12-15-25)24-14-22-27(6,18-10-3)19-11-4/h8-11,25H,1-4,12-24H2,5-7H3. The van der Waals surface area contributed by atoms with Crippen LogP contribution >= 0.6 is 42.7 Å². The monoisotopic (exact) mass is 464 g/mol. The summed E-state index contributed by atoms with van der Waals surface area (Å²) in [5, 5.41) is 0. The van der Waals surface area contributed by atoms with Crippen LogP contribution in [-0.4, -0.2) is 76.3 Å². The molecular formula is C24H48S4. The van der Waals surface area contributed by atoms with Crippen LogP contribution in [0.25, 0.3) is 0 Å². The van der Waals surface area contributed by atoms with Gasteiger partial charge in [-0.1, -0.05) is 24.3 Å². The van der Waals surface area contributed by atoms with Gasteiger partial charge in [-0.15, -0.1) is 26.3 Å². The van der Waals surface area contributed by atoms with Gasteiger partial charge in [-0.3, -0.25) is 0 Å². The maximum Gasteiger partial charge on any atom is -0.00487 e. The van der Waals surface area contributed by atoms with Crippen molar-refractivity contribution in [1.82, 2.24) is 0 Å². The van der Waals surface area contributed by atoms with Crippen LogP contribution < -0.4 is 0 Å². The van der Waals surface area contributed by atoms with Gasteiger partial charge in [-0.2, -0.15) is 12.6 Å². The van der Waals surface area contributed by atoms with Gasteiger partial charge in [-0.25, -0.2) is 30.1 Å². The van der Waals surface area contributed by atoms with Crippen molar-refractivity contribution in [3.05, 3.63) is 50.6 Å². The first kappa shape index (κ1) is 28.4. The number of rotatable bonds is 19. The molecule has 0 spiro atoms. The quantitative estimate of drug-likeness (QED) is 0.152. The molecular weight excluding hydrogens is 417 g/mol. The van der Waals surface area contributed by atoms with E-state index in [0.717, 1.165) is 5.75 Å². The van der Waals surface area contributed by atoms with E-state index in [1.165, 1.54) is 71.0 Å². The maximum absolute atomic E-state index is 4.49. The summed E-state index contributed by atoms with van der Waals surface area (Å²) in [4.78, 5) is 0. The van der Waals surface area contributed by atoms with Crippen LogP contribution in [0.2, 0.25) is 0 Å². The van der Waals surface area contributed by atoms with Gasteiger partial charge in [0.1, 0.15) is 0 Å². The third-order valence-corrected chi connectivity index (χ3v) is 16.3. The Morgan fingerprint density at radius 2 is 0.821 bits per heavy atom. The molecule has 0 aliphatic heterocycles. The first-order chi connectivity index (χ1) is 13.2. The molecule has 0 saturated heterocycles. The van der Waals surface area contributed by atoms with Crippen molar-refractivity contribution in [2.45, 2.75) is 19.3 Å². The Hall–Kier alpha value is 0.360. The summed E-state index contributed by atoms with van der Waals surface area (Å²) in [6.07, 6.45) is 20.1. The van der Waals surface area contributed by atoms with Crippen LogP contribution in [0.15, 0.2) is 50.6 Å². The average molecular weight is 465 g/mol. The Morgan fingerprint density at radius 3 is 1.11 bits per heavy atom. The summed E-state index contributed by atoms with van der Waals surface area (Å²) in [7, 11) is -1.72. The first-order valence-electron chi connectivity index (χ1n) is 10.4. The van der Waals surface area contributed by atoms with Gasteiger partial charge >= 0.3 is 0 Å². The van der Waals surface area contributed by atoms with Gasteiger partial charge in [0.05, 0.1) is 0 Å². The molecule has 0 atom stereocenters. The predicted octanol–water partition coefficient (Wildman–Crippen LogP) is 7.13. The second kappa shape index (κ2) is 15.2. The molecule has 0 heterocycles. The van der Waals surface area contributed by atoms with E-state index < -0.39 is 30.1 Å². The highest BCUT2D eigenvalue weighted by Gasteiger charge is 2.22. The lowest BCUT2D eigenvalue weighted by Crippen LogP contribution is -2.19. The molecule has 0 N–H and O–H groups in total. The van der Waals surface area contributed by atoms with Gasteiger partial charge < -0.3 is 0 Å². The normalized spacial score (nSPS) is 14.3. The fourth-order valence-electron chi connectivity index (χ4n) is 3.84. The largest absolute Gasteiger partial charge is 0.244 e. The summed E-state index contributed by atoms with van der Waals surface area (Å²) in [5.74, 6) is 12.7. The molecule has 0 amide bonds. The fourth-order valence-corrected chi connectivity index (χ4v) is 12.6. The van der Waals surface area contributed by atoms with Gasteiger partial charge in [0.15, 0.2) is 0 Å². The molecule has 0 aliphatic carbocycles. The lowest BCUT2D eigenvalue weighted by Gasteiger charge is -2.41. The SMILES string of the molecule is C=CCS(C)(CC=C)CCCS(C)(CCCS)CCCS(C)(CC=C)CC=C. The van der Waals surface area contributed by atoms with E-state index in [9.17, 15) is 0 Å². The topological polar surface area (TPSA) is 0 Å². The van der Waals surface area contributed by atoms with Crippen LogP contribution in [-0.2, 0) is 0 Å². The molecule has 0 fully saturated rings. The van der Waals surface area contributed by atoms with Crippen LogP contribution in [0.3, 0.4) is 0 Å². The van der Waals surface area contributed by atoms with Crippen LogP contribution in [0.5, 0.6) is 0 Å². The van der Waals surface area contributed by atoms with E-state index in [1.807, 2.05) is 0 Å². The highest BCUT2D eigenvalue weighted by Crippen LogP contribution is 2.51. The minimum absolute atomic E-state index is 0.531. The molecule has 0 aromatic carbocycles. The highest BCUT2D eigenvalue weighted by molar-refractivity contribution is 8.34. The summed E-state index contributed by atoms with van der Waals surface area (Å²) < 4.78 is 0. The lowest BCUT2D eigenvalue weighted by atomic mass is 10.5. The van der Waals surface area contributed by atoms with E-state index in [4.69, 9.17) is 0 Å². The molecule has 0 rings (SSSR count). The maximum atomic E-state index is 4.49. The van der Waals surface area contributed by atoms with E-state index in [1.54, 1.807) is 0 Å². The van der Waals surface area contributed by atoms with E-state index in [2.05, 4.69) is 82.0 Å². The Balaban J connectivity index is 4.82. The summed E-state index contributed by atoms with van der Waals surface area (Å²) in [6, 6.07) is 0. The zero-order chi connectivity index (χ0) is 21.5. The smallest absolute Gasteiger partial charge is 0.00487 e. The van der Waals surface area contributed by atoms with E-state index in [-0.39, 0.29) is 0 Å². The molecule has 0 aromatic heterocycles. The minimum Gasteiger partial charge on any atom is -0.244 e. The fraction of sp³-hybridized carbons (Fsp3) is 0.667. The third-order valence-electron chi connectivity index (χ3n) is 5.42. The molecule has 168 valence electrons. The minimum atomic E-state index is -0.596. The van der Waals surface area contributed by atoms with Crippen molar-refractivity contribution in [2.24, 2.45) is 0 Å². The number of hydrogen-bond donors (Lipinski definition) is 1.